The van der Waals surface area contributed by atoms with Crippen LogP contribution in [0.3, 0.4) is 0 Å². The van der Waals surface area contributed by atoms with Crippen LogP contribution in [0, 0.1) is 11.6 Å². The molecule has 2 saturated heterocycles. The fourth-order valence-corrected chi connectivity index (χ4v) is 6.64. The molecule has 10 heteroatoms. The molecule has 2 fully saturated rings. The summed E-state index contributed by atoms with van der Waals surface area (Å²) in [5.74, 6) is -2.78. The van der Waals surface area contributed by atoms with E-state index in [1.807, 2.05) is 0 Å². The topological polar surface area (TPSA) is 66.8 Å². The molecule has 0 unspecified atom stereocenters. The predicted octanol–water partition coefficient (Wildman–Crippen LogP) is 1.81. The molecular formula is C13H11ClF2N2O3S2. The van der Waals surface area contributed by atoms with E-state index in [-0.39, 0.29) is 33.5 Å². The van der Waals surface area contributed by atoms with Gasteiger partial charge in [0.15, 0.2) is 15.0 Å². The van der Waals surface area contributed by atoms with Gasteiger partial charge in [-0.3, -0.25) is 4.79 Å². The Morgan fingerprint density at radius 2 is 2.13 bits per heavy atom. The maximum absolute atomic E-state index is 14.1. The van der Waals surface area contributed by atoms with Crippen LogP contribution in [0.5, 0.6) is 0 Å². The van der Waals surface area contributed by atoms with Crippen molar-refractivity contribution in [3.63, 3.8) is 0 Å². The third kappa shape index (κ3) is 3.22. The third-order valence-corrected chi connectivity index (χ3v) is 7.01. The molecule has 1 aromatic carbocycles. The molecule has 0 aromatic heterocycles. The van der Waals surface area contributed by atoms with Crippen LogP contribution >= 0.6 is 23.4 Å². The molecule has 0 aliphatic carbocycles. The third-order valence-electron chi connectivity index (χ3n) is 3.57. The molecule has 2 aliphatic heterocycles. The van der Waals surface area contributed by atoms with Crippen LogP contribution in [-0.4, -0.2) is 48.2 Å². The predicted molar refractivity (Wildman–Crippen MR) is 85.8 cm³/mol. The van der Waals surface area contributed by atoms with Crippen molar-refractivity contribution in [1.82, 2.24) is 0 Å². The highest BCUT2D eigenvalue weighted by Crippen LogP contribution is 2.41. The number of alkyl halides is 1. The van der Waals surface area contributed by atoms with Crippen molar-refractivity contribution >= 4 is 50.0 Å². The first-order valence-corrected chi connectivity index (χ1v) is 9.83. The Balaban J connectivity index is 2.06. The van der Waals surface area contributed by atoms with Crippen molar-refractivity contribution in [3.8, 4) is 0 Å². The van der Waals surface area contributed by atoms with Crippen LogP contribution < -0.4 is 4.90 Å². The van der Waals surface area contributed by atoms with Gasteiger partial charge < -0.3 is 4.90 Å². The number of amides is 1. The Hall–Kier alpha value is -1.19. The van der Waals surface area contributed by atoms with Gasteiger partial charge in [-0.2, -0.15) is 4.99 Å². The zero-order valence-corrected chi connectivity index (χ0v) is 14.0. The summed E-state index contributed by atoms with van der Waals surface area (Å²) in [6.07, 6.45) is 0. The Labute approximate surface area is 140 Å². The number of rotatable bonds is 2. The molecule has 23 heavy (non-hydrogen) atoms. The summed E-state index contributed by atoms with van der Waals surface area (Å²) in [4.78, 5) is 16.7. The van der Waals surface area contributed by atoms with Crippen molar-refractivity contribution in [2.24, 2.45) is 4.99 Å². The van der Waals surface area contributed by atoms with Gasteiger partial charge in [-0.05, 0) is 12.1 Å². The van der Waals surface area contributed by atoms with E-state index >= 15 is 0 Å². The highest BCUT2D eigenvalue weighted by atomic mass is 35.5. The molecule has 5 nitrogen and oxygen atoms in total. The van der Waals surface area contributed by atoms with Gasteiger partial charge in [-0.1, -0.05) is 11.8 Å². The van der Waals surface area contributed by atoms with Gasteiger partial charge in [0, 0.05) is 11.3 Å². The summed E-state index contributed by atoms with van der Waals surface area (Å²) >= 11 is 6.54. The monoisotopic (exact) mass is 380 g/mol. The quantitative estimate of drug-likeness (QED) is 0.732. The first kappa shape index (κ1) is 16.7. The Kier molecular flexibility index (Phi) is 4.37. The summed E-state index contributed by atoms with van der Waals surface area (Å²) in [5.41, 5.74) is -0.00961. The van der Waals surface area contributed by atoms with Crippen molar-refractivity contribution in [2.75, 3.05) is 22.3 Å². The molecule has 2 atom stereocenters. The van der Waals surface area contributed by atoms with E-state index in [0.29, 0.717) is 6.07 Å². The number of nitrogens with zero attached hydrogens (tertiary/aromatic N) is 2. The largest absolute Gasteiger partial charge is 0.313 e. The molecule has 0 saturated carbocycles. The van der Waals surface area contributed by atoms with E-state index in [2.05, 4.69) is 4.99 Å². The molecule has 0 bridgehead atoms. The standard InChI is InChI=1S/C13H11ClF2N2O3S2/c14-4-12(19)17-13-18(9-2-1-7(15)3-8(9)16)10-5-23(20,21)6-11(10)22-13/h1-3,10-11H,4-6H2/t10-,11-/m0/s1. The number of fused-ring (bicyclic) bond motifs is 1. The fourth-order valence-electron chi connectivity index (χ4n) is 2.66. The molecule has 0 radical (unpaired) electrons. The number of hydrogen-bond acceptors (Lipinski definition) is 4. The molecule has 1 aromatic rings. The van der Waals surface area contributed by atoms with Crippen LogP contribution in [0.2, 0.25) is 0 Å². The maximum atomic E-state index is 14.1. The van der Waals surface area contributed by atoms with Gasteiger partial charge in [-0.15, -0.1) is 11.6 Å². The molecule has 3 rings (SSSR count). The van der Waals surface area contributed by atoms with Gasteiger partial charge in [-0.25, -0.2) is 17.2 Å². The van der Waals surface area contributed by atoms with Crippen molar-refractivity contribution < 1.29 is 22.0 Å². The van der Waals surface area contributed by atoms with Crippen LogP contribution in [-0.2, 0) is 14.6 Å². The number of aliphatic imine (C=N–C) groups is 1. The Morgan fingerprint density at radius 1 is 1.39 bits per heavy atom. The number of sulfone groups is 1. The Bertz CT molecular complexity index is 800. The number of halogens is 3. The first-order chi connectivity index (χ1) is 10.8. The van der Waals surface area contributed by atoms with Crippen molar-refractivity contribution in [3.05, 3.63) is 29.8 Å². The van der Waals surface area contributed by atoms with E-state index in [9.17, 15) is 22.0 Å². The van der Waals surface area contributed by atoms with Gasteiger partial charge in [0.2, 0.25) is 0 Å². The first-order valence-electron chi connectivity index (χ1n) is 6.59. The SMILES string of the molecule is O=C(CCl)N=C1S[C@H]2CS(=O)(=O)C[C@@H]2N1c1ccc(F)cc1F. The van der Waals surface area contributed by atoms with Gasteiger partial charge in [0.25, 0.3) is 5.91 Å². The number of anilines is 1. The fraction of sp³-hybridized carbons (Fsp3) is 0.385. The lowest BCUT2D eigenvalue weighted by Crippen LogP contribution is -2.38. The molecule has 2 heterocycles. The summed E-state index contributed by atoms with van der Waals surface area (Å²) < 4.78 is 50.9. The lowest BCUT2D eigenvalue weighted by Gasteiger charge is -2.24. The van der Waals surface area contributed by atoms with E-state index < -0.39 is 33.4 Å². The van der Waals surface area contributed by atoms with E-state index in [1.54, 1.807) is 0 Å². The molecular weight excluding hydrogens is 370 g/mol. The summed E-state index contributed by atoms with van der Waals surface area (Å²) in [6, 6.07) is 2.43. The van der Waals surface area contributed by atoms with Gasteiger partial charge >= 0.3 is 0 Å². The minimum atomic E-state index is -3.25. The normalized spacial score (nSPS) is 27.4. The number of amidine groups is 1. The molecule has 2 aliphatic rings. The second-order valence-corrected chi connectivity index (χ2v) is 8.82. The van der Waals surface area contributed by atoms with E-state index in [4.69, 9.17) is 11.6 Å². The van der Waals surface area contributed by atoms with Crippen molar-refractivity contribution in [1.29, 1.82) is 0 Å². The molecule has 0 N–H and O–H groups in total. The number of hydrogen-bond donors (Lipinski definition) is 0. The number of carbonyl (C=O) groups is 1. The van der Waals surface area contributed by atoms with Gasteiger partial charge in [0.1, 0.15) is 17.5 Å². The second-order valence-electron chi connectivity index (χ2n) is 5.19. The molecule has 124 valence electrons. The van der Waals surface area contributed by atoms with Crippen molar-refractivity contribution in [2.45, 2.75) is 11.3 Å². The van der Waals surface area contributed by atoms with Crippen LogP contribution in [0.1, 0.15) is 0 Å². The average molecular weight is 381 g/mol. The average Bonchev–Trinajstić information content (AvgIpc) is 2.91. The van der Waals surface area contributed by atoms with Crippen LogP contribution in [0.4, 0.5) is 14.5 Å². The smallest absolute Gasteiger partial charge is 0.262 e. The van der Waals surface area contributed by atoms with Crippen LogP contribution in [0.25, 0.3) is 0 Å². The summed E-state index contributed by atoms with van der Waals surface area (Å²) in [7, 11) is -3.25. The highest BCUT2D eigenvalue weighted by molar-refractivity contribution is 8.16. The number of thioether (sulfide) groups is 1. The minimum Gasteiger partial charge on any atom is -0.313 e. The minimum absolute atomic E-state index is 0.00961. The zero-order chi connectivity index (χ0) is 16.8. The summed E-state index contributed by atoms with van der Waals surface area (Å²) in [6.45, 7) is 0. The van der Waals surface area contributed by atoms with E-state index in [1.165, 1.54) is 11.0 Å². The molecule has 1 amide bonds. The Morgan fingerprint density at radius 3 is 2.78 bits per heavy atom. The lowest BCUT2D eigenvalue weighted by atomic mass is 10.2. The van der Waals surface area contributed by atoms with E-state index in [0.717, 1.165) is 17.8 Å². The maximum Gasteiger partial charge on any atom is 0.262 e. The number of carbonyl (C=O) groups excluding carboxylic acids is 1. The number of benzene rings is 1. The van der Waals surface area contributed by atoms with Gasteiger partial charge in [0.05, 0.1) is 23.2 Å². The second kappa shape index (κ2) is 6.03. The zero-order valence-electron chi connectivity index (χ0n) is 11.6. The lowest BCUT2D eigenvalue weighted by molar-refractivity contribution is -0.115. The summed E-state index contributed by atoms with van der Waals surface area (Å²) in [5, 5.41) is -0.169. The highest BCUT2D eigenvalue weighted by Gasteiger charge is 2.49. The van der Waals surface area contributed by atoms with Crippen LogP contribution in [0.15, 0.2) is 23.2 Å². The molecule has 0 spiro atoms.